The van der Waals surface area contributed by atoms with Crippen LogP contribution in [0.15, 0.2) is 75.0 Å². The molecule has 0 amide bonds. The van der Waals surface area contributed by atoms with Gasteiger partial charge in [0.15, 0.2) is 0 Å². The van der Waals surface area contributed by atoms with Gasteiger partial charge in [-0.25, -0.2) is 4.98 Å². The topological polar surface area (TPSA) is 59.7 Å². The number of nitrogens with zero attached hydrogens (tertiary/aromatic N) is 4. The summed E-state index contributed by atoms with van der Waals surface area (Å²) in [5.41, 5.74) is 4.54. The van der Waals surface area contributed by atoms with Crippen LogP contribution in [-0.4, -0.2) is 30.0 Å². The van der Waals surface area contributed by atoms with Crippen molar-refractivity contribution in [2.24, 2.45) is 5.10 Å². The molecule has 0 aliphatic carbocycles. The van der Waals surface area contributed by atoms with Crippen LogP contribution in [0.25, 0.3) is 10.9 Å². The quantitative estimate of drug-likeness (QED) is 0.300. The van der Waals surface area contributed by atoms with Gasteiger partial charge in [-0.05, 0) is 42.8 Å². The van der Waals surface area contributed by atoms with Gasteiger partial charge in [-0.15, -0.1) is 0 Å². The van der Waals surface area contributed by atoms with Crippen molar-refractivity contribution in [1.82, 2.24) is 9.66 Å². The molecule has 0 atom stereocenters. The van der Waals surface area contributed by atoms with Crippen molar-refractivity contribution < 1.29 is 4.74 Å². The summed E-state index contributed by atoms with van der Waals surface area (Å²) in [6.07, 6.45) is 2.24. The van der Waals surface area contributed by atoms with Crippen molar-refractivity contribution in [3.8, 4) is 5.75 Å². The zero-order valence-corrected chi connectivity index (χ0v) is 21.3. The van der Waals surface area contributed by atoms with Crippen molar-refractivity contribution in [2.75, 3.05) is 19.0 Å². The monoisotopic (exact) mass is 518 g/mol. The van der Waals surface area contributed by atoms with E-state index in [0.29, 0.717) is 35.5 Å². The second-order valence-corrected chi connectivity index (χ2v) is 9.21. The van der Waals surface area contributed by atoms with Crippen LogP contribution in [0.2, 0.25) is 0 Å². The molecule has 0 fully saturated rings. The average Bonchev–Trinajstić information content (AvgIpc) is 2.83. The number of ether oxygens (including phenoxy) is 1. The second-order valence-electron chi connectivity index (χ2n) is 8.30. The van der Waals surface area contributed by atoms with Crippen LogP contribution < -0.4 is 15.2 Å². The predicted octanol–water partition coefficient (Wildman–Crippen LogP) is 5.56. The Labute approximate surface area is 207 Å². The van der Waals surface area contributed by atoms with Crippen LogP contribution in [0.5, 0.6) is 5.75 Å². The molecule has 0 N–H and O–H groups in total. The number of benzene rings is 3. The van der Waals surface area contributed by atoms with E-state index in [1.807, 2.05) is 56.3 Å². The predicted molar refractivity (Wildman–Crippen MR) is 142 cm³/mol. The van der Waals surface area contributed by atoms with Gasteiger partial charge in [-0.2, -0.15) is 9.78 Å². The average molecular weight is 519 g/mol. The Morgan fingerprint density at radius 2 is 1.85 bits per heavy atom. The van der Waals surface area contributed by atoms with Crippen molar-refractivity contribution in [3.05, 3.63) is 98.0 Å². The Kier molecular flexibility index (Phi) is 7.12. The fraction of sp³-hybridized carbons (Fsp3) is 0.222. The van der Waals surface area contributed by atoms with E-state index < -0.39 is 0 Å². The van der Waals surface area contributed by atoms with Gasteiger partial charge in [0.2, 0.25) is 0 Å². The zero-order valence-electron chi connectivity index (χ0n) is 19.7. The number of hydrogen-bond acceptors (Lipinski definition) is 5. The highest BCUT2D eigenvalue weighted by atomic mass is 79.9. The molecular weight excluding hydrogens is 492 g/mol. The molecule has 0 spiro atoms. The molecule has 0 bridgehead atoms. The lowest BCUT2D eigenvalue weighted by Crippen LogP contribution is -2.22. The van der Waals surface area contributed by atoms with E-state index in [1.165, 1.54) is 10.2 Å². The number of anilines is 1. The van der Waals surface area contributed by atoms with Crippen LogP contribution in [0.4, 0.5) is 5.69 Å². The number of hydrogen-bond donors (Lipinski definition) is 0. The standard InChI is InChI=1S/C27H27BrN4O2/c1-5-26-30-24-13-11-21(28)14-23(24)27(33)32(26)29-16-20-10-12-22(31(3)4)15-25(20)34-17-19-8-6-18(2)7-9-19/h6-16H,5,17H2,1-4H3. The first-order valence-electron chi connectivity index (χ1n) is 11.1. The molecular formula is C27H27BrN4O2. The molecule has 4 rings (SSSR count). The zero-order chi connectivity index (χ0) is 24.2. The lowest BCUT2D eigenvalue weighted by atomic mass is 10.1. The molecule has 1 heterocycles. The third kappa shape index (κ3) is 5.20. The molecule has 0 aliphatic heterocycles. The Morgan fingerprint density at radius 1 is 1.09 bits per heavy atom. The van der Waals surface area contributed by atoms with E-state index in [4.69, 9.17) is 4.74 Å². The number of aromatic nitrogens is 2. The minimum atomic E-state index is -0.202. The lowest BCUT2D eigenvalue weighted by Gasteiger charge is -2.16. The number of rotatable bonds is 7. The third-order valence-corrected chi connectivity index (χ3v) is 6.03. The SMILES string of the molecule is CCc1nc2ccc(Br)cc2c(=O)n1N=Cc1ccc(N(C)C)cc1OCc1ccc(C)cc1. The van der Waals surface area contributed by atoms with E-state index >= 15 is 0 Å². The molecule has 34 heavy (non-hydrogen) atoms. The van der Waals surface area contributed by atoms with Gasteiger partial charge in [-0.3, -0.25) is 4.79 Å². The fourth-order valence-corrected chi connectivity index (χ4v) is 3.90. The molecule has 0 aliphatic rings. The van der Waals surface area contributed by atoms with Crippen LogP contribution in [0.3, 0.4) is 0 Å². The molecule has 4 aromatic rings. The maximum Gasteiger partial charge on any atom is 0.282 e. The van der Waals surface area contributed by atoms with Gasteiger partial charge in [0.25, 0.3) is 5.56 Å². The molecule has 0 saturated heterocycles. The summed E-state index contributed by atoms with van der Waals surface area (Å²) in [5.74, 6) is 1.29. The fourth-order valence-electron chi connectivity index (χ4n) is 3.54. The van der Waals surface area contributed by atoms with E-state index in [-0.39, 0.29) is 5.56 Å². The van der Waals surface area contributed by atoms with Crippen LogP contribution >= 0.6 is 15.9 Å². The van der Waals surface area contributed by atoms with E-state index in [0.717, 1.165) is 21.3 Å². The van der Waals surface area contributed by atoms with Gasteiger partial charge in [0.05, 0.1) is 17.1 Å². The van der Waals surface area contributed by atoms with Gasteiger partial charge in [-0.1, -0.05) is 52.7 Å². The maximum absolute atomic E-state index is 13.2. The molecule has 3 aromatic carbocycles. The normalized spacial score (nSPS) is 11.3. The highest BCUT2D eigenvalue weighted by Gasteiger charge is 2.11. The summed E-state index contributed by atoms with van der Waals surface area (Å²) < 4.78 is 8.39. The highest BCUT2D eigenvalue weighted by Crippen LogP contribution is 2.25. The summed E-state index contributed by atoms with van der Waals surface area (Å²) in [5, 5.41) is 5.05. The first kappa shape index (κ1) is 23.7. The minimum absolute atomic E-state index is 0.202. The molecule has 7 heteroatoms. The van der Waals surface area contributed by atoms with Crippen LogP contribution in [-0.2, 0) is 13.0 Å². The van der Waals surface area contributed by atoms with Crippen LogP contribution in [0.1, 0.15) is 29.4 Å². The summed E-state index contributed by atoms with van der Waals surface area (Å²) in [7, 11) is 3.97. The Balaban J connectivity index is 1.72. The first-order valence-corrected chi connectivity index (χ1v) is 11.9. The molecule has 0 unspecified atom stereocenters. The van der Waals surface area contributed by atoms with Gasteiger partial charge >= 0.3 is 0 Å². The molecule has 0 radical (unpaired) electrons. The smallest absolute Gasteiger partial charge is 0.282 e. The van der Waals surface area contributed by atoms with Gasteiger partial charge in [0.1, 0.15) is 18.2 Å². The van der Waals surface area contributed by atoms with Crippen molar-refractivity contribution in [3.63, 3.8) is 0 Å². The van der Waals surface area contributed by atoms with E-state index in [2.05, 4.69) is 57.2 Å². The summed E-state index contributed by atoms with van der Waals surface area (Å²) in [4.78, 5) is 19.9. The van der Waals surface area contributed by atoms with Crippen molar-refractivity contribution in [2.45, 2.75) is 26.9 Å². The first-order chi connectivity index (χ1) is 16.4. The van der Waals surface area contributed by atoms with Crippen molar-refractivity contribution >= 4 is 38.7 Å². The van der Waals surface area contributed by atoms with E-state index in [1.54, 1.807) is 12.3 Å². The van der Waals surface area contributed by atoms with Crippen molar-refractivity contribution in [1.29, 1.82) is 0 Å². The number of fused-ring (bicyclic) bond motifs is 1. The summed E-state index contributed by atoms with van der Waals surface area (Å²) >= 11 is 3.44. The molecule has 174 valence electrons. The van der Waals surface area contributed by atoms with Crippen LogP contribution in [0, 0.1) is 6.92 Å². The Bertz CT molecular complexity index is 1410. The summed E-state index contributed by atoms with van der Waals surface area (Å²) in [6, 6.07) is 19.7. The minimum Gasteiger partial charge on any atom is -0.488 e. The Morgan fingerprint density at radius 3 is 2.56 bits per heavy atom. The third-order valence-electron chi connectivity index (χ3n) is 5.53. The largest absolute Gasteiger partial charge is 0.488 e. The number of halogens is 1. The highest BCUT2D eigenvalue weighted by molar-refractivity contribution is 9.10. The molecule has 0 saturated carbocycles. The second kappa shape index (κ2) is 10.2. The maximum atomic E-state index is 13.2. The molecule has 1 aromatic heterocycles. The summed E-state index contributed by atoms with van der Waals surface area (Å²) in [6.45, 7) is 4.46. The number of aryl methyl sites for hydroxylation is 2. The van der Waals surface area contributed by atoms with Gasteiger partial charge < -0.3 is 9.64 Å². The van der Waals surface area contributed by atoms with E-state index in [9.17, 15) is 4.79 Å². The molecule has 6 nitrogen and oxygen atoms in total. The lowest BCUT2D eigenvalue weighted by molar-refractivity contribution is 0.306. The Hall–Kier alpha value is -3.45. The van der Waals surface area contributed by atoms with Gasteiger partial charge in [0, 0.05) is 42.3 Å².